The van der Waals surface area contributed by atoms with Gasteiger partial charge in [-0.1, -0.05) is 20.3 Å². The lowest BCUT2D eigenvalue weighted by Gasteiger charge is -2.38. The molecule has 2 heterocycles. The van der Waals surface area contributed by atoms with Gasteiger partial charge in [0, 0.05) is 28.9 Å². The number of thiophene rings is 1. The van der Waals surface area contributed by atoms with Crippen LogP contribution < -0.4 is 5.32 Å². The average molecular weight is 292 g/mol. The molecule has 0 amide bonds. The quantitative estimate of drug-likeness (QED) is 0.852. The van der Waals surface area contributed by atoms with Crippen molar-refractivity contribution >= 4 is 11.3 Å². The number of nitrogens with zero attached hydrogens (tertiary/aromatic N) is 1. The highest BCUT2D eigenvalue weighted by Crippen LogP contribution is 2.34. The lowest BCUT2D eigenvalue weighted by Crippen LogP contribution is -2.37. The van der Waals surface area contributed by atoms with E-state index in [4.69, 9.17) is 0 Å². The lowest BCUT2D eigenvalue weighted by molar-refractivity contribution is 0.110. The van der Waals surface area contributed by atoms with Crippen molar-refractivity contribution in [3.05, 3.63) is 21.9 Å². The Hall–Kier alpha value is -0.380. The zero-order valence-electron chi connectivity index (χ0n) is 13.0. The zero-order chi connectivity index (χ0) is 14.0. The highest BCUT2D eigenvalue weighted by atomic mass is 32.1. The maximum absolute atomic E-state index is 3.61. The normalized spacial score (nSPS) is 23.1. The van der Waals surface area contributed by atoms with Gasteiger partial charge in [-0.2, -0.15) is 0 Å². The van der Waals surface area contributed by atoms with Gasteiger partial charge in [0.25, 0.3) is 0 Å². The van der Waals surface area contributed by atoms with E-state index >= 15 is 0 Å². The van der Waals surface area contributed by atoms with E-state index in [0.29, 0.717) is 5.41 Å². The molecule has 1 saturated heterocycles. The second-order valence-electron chi connectivity index (χ2n) is 6.96. The molecule has 112 valence electrons. The van der Waals surface area contributed by atoms with E-state index in [9.17, 15) is 0 Å². The van der Waals surface area contributed by atoms with Gasteiger partial charge >= 0.3 is 0 Å². The summed E-state index contributed by atoms with van der Waals surface area (Å²) < 4.78 is 0. The molecule has 2 aliphatic rings. The molecule has 0 radical (unpaired) electrons. The number of hydrogen-bond acceptors (Lipinski definition) is 3. The fourth-order valence-corrected chi connectivity index (χ4v) is 3.97. The number of nitrogens with one attached hydrogen (secondary N) is 1. The predicted octanol–water partition coefficient (Wildman–Crippen LogP) is 4.01. The smallest absolute Gasteiger partial charge is 0.0328 e. The molecule has 20 heavy (non-hydrogen) atoms. The second kappa shape index (κ2) is 6.17. The Morgan fingerprint density at radius 2 is 1.95 bits per heavy atom. The SMILES string of the molecule is CCC1(C)CCN(Cc2ccc(CNC3CC3)s2)CC1. The molecule has 1 saturated carbocycles. The monoisotopic (exact) mass is 292 g/mol. The van der Waals surface area contributed by atoms with Crippen molar-refractivity contribution in [2.45, 2.75) is 65.1 Å². The molecule has 3 heteroatoms. The van der Waals surface area contributed by atoms with Crippen molar-refractivity contribution < 1.29 is 0 Å². The Labute approximate surface area is 127 Å². The number of rotatable bonds is 6. The van der Waals surface area contributed by atoms with Gasteiger partial charge in [0.15, 0.2) is 0 Å². The third-order valence-corrected chi connectivity index (χ3v) is 6.23. The Morgan fingerprint density at radius 3 is 2.60 bits per heavy atom. The van der Waals surface area contributed by atoms with Crippen LogP contribution in [0.3, 0.4) is 0 Å². The van der Waals surface area contributed by atoms with Crippen LogP contribution in [-0.4, -0.2) is 24.0 Å². The van der Waals surface area contributed by atoms with Crippen molar-refractivity contribution in [3.8, 4) is 0 Å². The molecular weight excluding hydrogens is 264 g/mol. The van der Waals surface area contributed by atoms with Crippen LogP contribution in [0.2, 0.25) is 0 Å². The van der Waals surface area contributed by atoms with E-state index in [1.165, 1.54) is 54.9 Å². The van der Waals surface area contributed by atoms with Gasteiger partial charge in [0.2, 0.25) is 0 Å². The van der Waals surface area contributed by atoms with Crippen LogP contribution in [0.1, 0.15) is 55.7 Å². The van der Waals surface area contributed by atoms with Crippen molar-refractivity contribution in [3.63, 3.8) is 0 Å². The largest absolute Gasteiger partial charge is 0.309 e. The summed E-state index contributed by atoms with van der Waals surface area (Å²) >= 11 is 2.00. The average Bonchev–Trinajstić information content (AvgIpc) is 3.19. The maximum Gasteiger partial charge on any atom is 0.0328 e. The van der Waals surface area contributed by atoms with Gasteiger partial charge in [0.1, 0.15) is 0 Å². The Balaban J connectivity index is 1.46. The van der Waals surface area contributed by atoms with Crippen LogP contribution in [0.15, 0.2) is 12.1 Å². The van der Waals surface area contributed by atoms with Gasteiger partial charge in [-0.3, -0.25) is 4.90 Å². The molecule has 2 fully saturated rings. The summed E-state index contributed by atoms with van der Waals surface area (Å²) in [7, 11) is 0. The van der Waals surface area contributed by atoms with Crippen LogP contribution in [0, 0.1) is 5.41 Å². The zero-order valence-corrected chi connectivity index (χ0v) is 13.8. The summed E-state index contributed by atoms with van der Waals surface area (Å²) in [6.07, 6.45) is 6.82. The van der Waals surface area contributed by atoms with E-state index in [0.717, 1.165) is 19.1 Å². The standard InChI is InChI=1S/C17H28N2S/c1-3-17(2)8-10-19(11-9-17)13-16-7-6-15(20-16)12-18-14-4-5-14/h6-7,14,18H,3-5,8-13H2,1-2H3. The Morgan fingerprint density at radius 1 is 1.25 bits per heavy atom. The Bertz CT molecular complexity index is 428. The summed E-state index contributed by atoms with van der Waals surface area (Å²) in [5.41, 5.74) is 0.602. The minimum Gasteiger partial charge on any atom is -0.309 e. The summed E-state index contributed by atoms with van der Waals surface area (Å²) in [5, 5.41) is 3.61. The molecule has 1 aliphatic heterocycles. The number of likely N-dealkylation sites (tertiary alicyclic amines) is 1. The second-order valence-corrected chi connectivity index (χ2v) is 8.22. The topological polar surface area (TPSA) is 15.3 Å². The van der Waals surface area contributed by atoms with Crippen LogP contribution in [-0.2, 0) is 13.1 Å². The first-order chi connectivity index (χ1) is 9.67. The highest BCUT2D eigenvalue weighted by Gasteiger charge is 2.28. The molecule has 0 aromatic carbocycles. The summed E-state index contributed by atoms with van der Waals surface area (Å²) in [6.45, 7) is 9.58. The fraction of sp³-hybridized carbons (Fsp3) is 0.765. The number of piperidine rings is 1. The van der Waals surface area contributed by atoms with E-state index in [1.807, 2.05) is 11.3 Å². The van der Waals surface area contributed by atoms with Gasteiger partial charge < -0.3 is 5.32 Å². The van der Waals surface area contributed by atoms with Gasteiger partial charge in [-0.25, -0.2) is 0 Å². The maximum atomic E-state index is 3.61. The molecule has 1 aromatic rings. The molecule has 0 atom stereocenters. The van der Waals surface area contributed by atoms with Crippen LogP contribution in [0.5, 0.6) is 0 Å². The minimum atomic E-state index is 0.602. The molecule has 1 aromatic heterocycles. The number of hydrogen-bond donors (Lipinski definition) is 1. The lowest BCUT2D eigenvalue weighted by atomic mass is 9.78. The Kier molecular flexibility index (Phi) is 4.49. The van der Waals surface area contributed by atoms with E-state index < -0.39 is 0 Å². The van der Waals surface area contributed by atoms with E-state index in [2.05, 4.69) is 36.2 Å². The van der Waals surface area contributed by atoms with Crippen molar-refractivity contribution in [2.24, 2.45) is 5.41 Å². The summed E-state index contributed by atoms with van der Waals surface area (Å²) in [5.74, 6) is 0. The molecule has 1 aliphatic carbocycles. The first-order valence-corrected chi connectivity index (χ1v) is 9.02. The van der Waals surface area contributed by atoms with Crippen LogP contribution in [0.4, 0.5) is 0 Å². The molecule has 3 rings (SSSR count). The molecular formula is C17H28N2S. The van der Waals surface area contributed by atoms with Gasteiger partial charge in [-0.05, 0) is 56.3 Å². The van der Waals surface area contributed by atoms with Gasteiger partial charge in [-0.15, -0.1) is 11.3 Å². The molecule has 1 N–H and O–H groups in total. The van der Waals surface area contributed by atoms with Crippen molar-refractivity contribution in [2.75, 3.05) is 13.1 Å². The first kappa shape index (κ1) is 14.6. The third kappa shape index (κ3) is 3.84. The summed E-state index contributed by atoms with van der Waals surface area (Å²) in [6, 6.07) is 5.46. The molecule has 2 nitrogen and oxygen atoms in total. The third-order valence-electron chi connectivity index (χ3n) is 5.16. The van der Waals surface area contributed by atoms with Crippen LogP contribution in [0.25, 0.3) is 0 Å². The van der Waals surface area contributed by atoms with Crippen molar-refractivity contribution in [1.82, 2.24) is 10.2 Å². The highest BCUT2D eigenvalue weighted by molar-refractivity contribution is 7.11. The van der Waals surface area contributed by atoms with E-state index in [1.54, 1.807) is 0 Å². The predicted molar refractivity (Wildman–Crippen MR) is 87.1 cm³/mol. The first-order valence-electron chi connectivity index (χ1n) is 8.20. The minimum absolute atomic E-state index is 0.602. The molecule has 0 spiro atoms. The van der Waals surface area contributed by atoms with E-state index in [-0.39, 0.29) is 0 Å². The molecule has 0 unspecified atom stereocenters. The molecule has 0 bridgehead atoms. The van der Waals surface area contributed by atoms with Gasteiger partial charge in [0.05, 0.1) is 0 Å². The van der Waals surface area contributed by atoms with Crippen LogP contribution >= 0.6 is 11.3 Å². The summed E-state index contributed by atoms with van der Waals surface area (Å²) in [4.78, 5) is 5.68. The fourth-order valence-electron chi connectivity index (χ4n) is 2.96. The van der Waals surface area contributed by atoms with Crippen molar-refractivity contribution in [1.29, 1.82) is 0 Å².